The number of thiazole rings is 1. The number of rotatable bonds is 4. The number of likely N-dealkylation sites (tertiary alicyclic amines) is 1. The van der Waals surface area contributed by atoms with Crippen LogP contribution in [0.25, 0.3) is 0 Å². The summed E-state index contributed by atoms with van der Waals surface area (Å²) in [6, 6.07) is 8.69. The van der Waals surface area contributed by atoms with Crippen LogP contribution in [0.15, 0.2) is 30.3 Å². The molecule has 0 bridgehead atoms. The molecule has 2 heterocycles. The molecule has 1 aromatic carbocycles. The number of nitrogens with zero attached hydrogens (tertiary/aromatic N) is 2. The van der Waals surface area contributed by atoms with Crippen molar-refractivity contribution in [1.82, 2.24) is 15.2 Å². The molecule has 0 unspecified atom stereocenters. The van der Waals surface area contributed by atoms with Crippen LogP contribution >= 0.6 is 11.3 Å². The van der Waals surface area contributed by atoms with E-state index < -0.39 is 6.10 Å². The van der Waals surface area contributed by atoms with Gasteiger partial charge in [-0.2, -0.15) is 0 Å². The number of carbonyl (C=O) groups excluding carboxylic acids is 2. The molecule has 2 atom stereocenters. The highest BCUT2D eigenvalue weighted by molar-refractivity contribution is 7.11. The first kappa shape index (κ1) is 18.5. The molecule has 0 radical (unpaired) electrons. The maximum Gasteiger partial charge on any atom is 0.253 e. The number of aromatic nitrogens is 1. The molecule has 2 amide bonds. The monoisotopic (exact) mass is 373 g/mol. The van der Waals surface area contributed by atoms with Gasteiger partial charge in [0.15, 0.2) is 0 Å². The SMILES string of the molecule is Cc1nc(C)c(CC(=O)N[C@@H]2CCN(C(=O)c3ccccc3)C[C@H]2O)s1. The Morgan fingerprint density at radius 2 is 2.04 bits per heavy atom. The summed E-state index contributed by atoms with van der Waals surface area (Å²) in [6.45, 7) is 4.54. The standard InChI is InChI=1S/C19H23N3O3S/c1-12-17(26-13(2)20-12)10-18(24)21-15-8-9-22(11-16(15)23)19(25)14-6-4-3-5-7-14/h3-7,15-16,23H,8-11H2,1-2H3,(H,21,24)/t15-,16-/m1/s1. The van der Waals surface area contributed by atoms with Crippen LogP contribution in [0.4, 0.5) is 0 Å². The number of benzene rings is 1. The number of carbonyl (C=O) groups is 2. The van der Waals surface area contributed by atoms with Gasteiger partial charge in [0, 0.05) is 23.5 Å². The lowest BCUT2D eigenvalue weighted by Gasteiger charge is -2.36. The minimum absolute atomic E-state index is 0.0924. The van der Waals surface area contributed by atoms with Gasteiger partial charge in [0.1, 0.15) is 0 Å². The van der Waals surface area contributed by atoms with Crippen LogP contribution < -0.4 is 5.32 Å². The van der Waals surface area contributed by atoms with Gasteiger partial charge in [-0.3, -0.25) is 9.59 Å². The fraction of sp³-hybridized carbons (Fsp3) is 0.421. The molecule has 138 valence electrons. The summed E-state index contributed by atoms with van der Waals surface area (Å²) in [4.78, 5) is 31.7. The predicted octanol–water partition coefficient (Wildman–Crippen LogP) is 1.69. The molecule has 7 heteroatoms. The Bertz CT molecular complexity index is 791. The number of aliphatic hydroxyl groups is 1. The van der Waals surface area contributed by atoms with Crippen molar-refractivity contribution in [3.63, 3.8) is 0 Å². The Hall–Kier alpha value is -2.25. The lowest BCUT2D eigenvalue weighted by molar-refractivity contribution is -0.122. The third-order valence-electron chi connectivity index (χ3n) is 4.56. The summed E-state index contributed by atoms with van der Waals surface area (Å²) in [5.74, 6) is -0.214. The van der Waals surface area contributed by atoms with Crippen molar-refractivity contribution < 1.29 is 14.7 Å². The van der Waals surface area contributed by atoms with Crippen molar-refractivity contribution in [3.05, 3.63) is 51.5 Å². The van der Waals surface area contributed by atoms with E-state index in [1.54, 1.807) is 17.0 Å². The van der Waals surface area contributed by atoms with E-state index in [0.29, 0.717) is 18.5 Å². The van der Waals surface area contributed by atoms with Crippen LogP contribution in [0.5, 0.6) is 0 Å². The molecule has 1 saturated heterocycles. The first-order valence-corrected chi connectivity index (χ1v) is 9.50. The molecule has 3 rings (SSSR count). The largest absolute Gasteiger partial charge is 0.389 e. The molecule has 1 fully saturated rings. The van der Waals surface area contributed by atoms with Crippen LogP contribution in [0.2, 0.25) is 0 Å². The molecule has 2 aromatic rings. The molecule has 0 spiro atoms. The van der Waals surface area contributed by atoms with Gasteiger partial charge in [-0.1, -0.05) is 18.2 Å². The van der Waals surface area contributed by atoms with Gasteiger partial charge in [0.25, 0.3) is 5.91 Å². The Kier molecular flexibility index (Phi) is 5.68. The zero-order valence-corrected chi connectivity index (χ0v) is 15.8. The van der Waals surface area contributed by atoms with Crippen molar-refractivity contribution in [3.8, 4) is 0 Å². The quantitative estimate of drug-likeness (QED) is 0.855. The second-order valence-electron chi connectivity index (χ2n) is 6.57. The van der Waals surface area contributed by atoms with E-state index in [-0.39, 0.29) is 30.8 Å². The van der Waals surface area contributed by atoms with Gasteiger partial charge < -0.3 is 15.3 Å². The minimum atomic E-state index is -0.773. The Morgan fingerprint density at radius 1 is 1.31 bits per heavy atom. The summed E-state index contributed by atoms with van der Waals surface area (Å²) >= 11 is 1.52. The molecule has 0 aliphatic carbocycles. The topological polar surface area (TPSA) is 82.5 Å². The molecule has 6 nitrogen and oxygen atoms in total. The highest BCUT2D eigenvalue weighted by Crippen LogP contribution is 2.19. The Labute approximate surface area is 156 Å². The van der Waals surface area contributed by atoms with Crippen molar-refractivity contribution in [2.45, 2.75) is 38.8 Å². The fourth-order valence-electron chi connectivity index (χ4n) is 3.19. The average Bonchev–Trinajstić information content (AvgIpc) is 2.94. The maximum atomic E-state index is 12.5. The van der Waals surface area contributed by atoms with Gasteiger partial charge in [0.05, 0.1) is 29.3 Å². The molecule has 1 aliphatic rings. The van der Waals surface area contributed by atoms with E-state index in [0.717, 1.165) is 15.6 Å². The summed E-state index contributed by atoms with van der Waals surface area (Å²) in [6.07, 6.45) is 0.0315. The van der Waals surface area contributed by atoms with Crippen LogP contribution in [0.1, 0.15) is 32.4 Å². The normalized spacial score (nSPS) is 20.0. The second kappa shape index (κ2) is 7.97. The zero-order chi connectivity index (χ0) is 18.7. The summed E-state index contributed by atoms with van der Waals surface area (Å²) in [7, 11) is 0. The van der Waals surface area contributed by atoms with Gasteiger partial charge in [-0.05, 0) is 32.4 Å². The molecule has 0 saturated carbocycles. The van der Waals surface area contributed by atoms with E-state index in [9.17, 15) is 14.7 Å². The van der Waals surface area contributed by atoms with E-state index in [1.807, 2.05) is 32.0 Å². The van der Waals surface area contributed by atoms with Crippen molar-refractivity contribution in [2.75, 3.05) is 13.1 Å². The van der Waals surface area contributed by atoms with Crippen molar-refractivity contribution >= 4 is 23.2 Å². The Balaban J connectivity index is 1.55. The number of aliphatic hydroxyl groups excluding tert-OH is 1. The van der Waals surface area contributed by atoms with Gasteiger partial charge >= 0.3 is 0 Å². The maximum absolute atomic E-state index is 12.5. The zero-order valence-electron chi connectivity index (χ0n) is 14.9. The first-order chi connectivity index (χ1) is 12.4. The highest BCUT2D eigenvalue weighted by Gasteiger charge is 2.31. The van der Waals surface area contributed by atoms with E-state index in [2.05, 4.69) is 10.3 Å². The number of piperidine rings is 1. The summed E-state index contributed by atoms with van der Waals surface area (Å²) in [5.41, 5.74) is 1.49. The molecular weight excluding hydrogens is 350 g/mol. The summed E-state index contributed by atoms with van der Waals surface area (Å²) < 4.78 is 0. The van der Waals surface area contributed by atoms with Crippen LogP contribution in [-0.2, 0) is 11.2 Å². The number of amides is 2. The third kappa shape index (κ3) is 4.28. The third-order valence-corrected chi connectivity index (χ3v) is 5.63. The predicted molar refractivity (Wildman–Crippen MR) is 100 cm³/mol. The smallest absolute Gasteiger partial charge is 0.253 e. The van der Waals surface area contributed by atoms with Crippen molar-refractivity contribution in [1.29, 1.82) is 0 Å². The molecular formula is C19H23N3O3S. The molecule has 1 aromatic heterocycles. The van der Waals surface area contributed by atoms with Gasteiger partial charge in [0.2, 0.25) is 5.91 Å². The molecule has 2 N–H and O–H groups in total. The fourth-order valence-corrected chi connectivity index (χ4v) is 4.12. The molecule has 26 heavy (non-hydrogen) atoms. The number of β-amino-alcohol motifs (C(OH)–C–C–N with tert-alkyl or cyclic N) is 1. The van der Waals surface area contributed by atoms with E-state index in [1.165, 1.54) is 11.3 Å². The van der Waals surface area contributed by atoms with Gasteiger partial charge in [-0.15, -0.1) is 11.3 Å². The number of hydrogen-bond acceptors (Lipinski definition) is 5. The molecule has 1 aliphatic heterocycles. The van der Waals surface area contributed by atoms with Crippen molar-refractivity contribution in [2.24, 2.45) is 0 Å². The number of nitrogens with one attached hydrogen (secondary N) is 1. The second-order valence-corrected chi connectivity index (χ2v) is 7.85. The van der Waals surface area contributed by atoms with E-state index in [4.69, 9.17) is 0 Å². The minimum Gasteiger partial charge on any atom is -0.389 e. The highest BCUT2D eigenvalue weighted by atomic mass is 32.1. The lowest BCUT2D eigenvalue weighted by Crippen LogP contribution is -2.55. The van der Waals surface area contributed by atoms with Crippen LogP contribution in [0, 0.1) is 13.8 Å². The number of aryl methyl sites for hydroxylation is 2. The van der Waals surface area contributed by atoms with Gasteiger partial charge in [-0.25, -0.2) is 4.98 Å². The number of hydrogen-bond donors (Lipinski definition) is 2. The average molecular weight is 373 g/mol. The van der Waals surface area contributed by atoms with E-state index >= 15 is 0 Å². The Morgan fingerprint density at radius 3 is 2.65 bits per heavy atom. The van der Waals surface area contributed by atoms with Crippen LogP contribution in [-0.4, -0.2) is 52.0 Å². The lowest BCUT2D eigenvalue weighted by atomic mass is 10.0. The van der Waals surface area contributed by atoms with Crippen LogP contribution in [0.3, 0.4) is 0 Å². The summed E-state index contributed by atoms with van der Waals surface area (Å²) in [5, 5.41) is 14.2. The first-order valence-electron chi connectivity index (χ1n) is 8.68.